The van der Waals surface area contributed by atoms with Crippen molar-refractivity contribution in [3.8, 4) is 5.75 Å². The number of amides is 4. The molecule has 0 unspecified atom stereocenters. The average molecular weight is 574 g/mol. The van der Waals surface area contributed by atoms with Crippen LogP contribution in [0, 0.1) is 0 Å². The van der Waals surface area contributed by atoms with E-state index in [9.17, 15) is 34.2 Å². The number of thioether (sulfide) groups is 1. The van der Waals surface area contributed by atoms with Crippen molar-refractivity contribution in [3.63, 3.8) is 0 Å². The zero-order valence-corrected chi connectivity index (χ0v) is 22.9. The van der Waals surface area contributed by atoms with Crippen LogP contribution < -0.4 is 27.0 Å². The Hall–Kier alpha value is -4.10. The van der Waals surface area contributed by atoms with Crippen LogP contribution in [0.1, 0.15) is 17.5 Å². The summed E-state index contributed by atoms with van der Waals surface area (Å²) in [4.78, 5) is 61.5. The highest BCUT2D eigenvalue weighted by atomic mass is 32.2. The SMILES string of the molecule is CSCC[C@H](N)C(=O)N[C@@H](Cc1ccc(O)cc1)C(=O)NCC(=O)NCC(=O)N[C@@H](Cc1ccccc1)C(=O)O. The highest BCUT2D eigenvalue weighted by Gasteiger charge is 2.25. The molecule has 12 nitrogen and oxygen atoms in total. The minimum absolute atomic E-state index is 0.0447. The van der Waals surface area contributed by atoms with Gasteiger partial charge >= 0.3 is 5.97 Å². The maximum absolute atomic E-state index is 12.9. The molecular weight excluding hydrogens is 538 g/mol. The number of carboxylic acid groups (broad SMARTS) is 1. The van der Waals surface area contributed by atoms with Gasteiger partial charge in [0.25, 0.3) is 0 Å². The fourth-order valence-corrected chi connectivity index (χ4v) is 4.05. The Morgan fingerprint density at radius 2 is 1.40 bits per heavy atom. The lowest BCUT2D eigenvalue weighted by Crippen LogP contribution is -2.54. The zero-order valence-electron chi connectivity index (χ0n) is 22.1. The molecule has 3 atom stereocenters. The zero-order chi connectivity index (χ0) is 29.5. The van der Waals surface area contributed by atoms with Crippen molar-refractivity contribution in [1.82, 2.24) is 21.3 Å². The molecule has 0 fully saturated rings. The first kappa shape index (κ1) is 32.1. The topological polar surface area (TPSA) is 200 Å². The summed E-state index contributed by atoms with van der Waals surface area (Å²) in [7, 11) is 0. The van der Waals surface area contributed by atoms with Crippen LogP contribution in [0.15, 0.2) is 54.6 Å². The molecule has 0 radical (unpaired) electrons. The van der Waals surface area contributed by atoms with Crippen molar-refractivity contribution >= 4 is 41.4 Å². The normalized spacial score (nSPS) is 12.8. The second kappa shape index (κ2) is 16.8. The quantitative estimate of drug-likeness (QED) is 0.139. The maximum atomic E-state index is 12.9. The number of carbonyl (C=O) groups excluding carboxylic acids is 4. The number of nitrogens with two attached hydrogens (primary N) is 1. The summed E-state index contributed by atoms with van der Waals surface area (Å²) in [5, 5.41) is 28.7. The van der Waals surface area contributed by atoms with Crippen LogP contribution in [0.5, 0.6) is 5.75 Å². The molecule has 0 aliphatic carbocycles. The van der Waals surface area contributed by atoms with Crippen molar-refractivity contribution in [1.29, 1.82) is 0 Å². The number of carbonyl (C=O) groups is 5. The number of phenolic OH excluding ortho intramolecular Hbond substituents is 1. The minimum atomic E-state index is -1.22. The fourth-order valence-electron chi connectivity index (χ4n) is 3.56. The lowest BCUT2D eigenvalue weighted by atomic mass is 10.0. The van der Waals surface area contributed by atoms with E-state index in [0.29, 0.717) is 17.7 Å². The molecule has 4 amide bonds. The Morgan fingerprint density at radius 3 is 2.02 bits per heavy atom. The molecule has 40 heavy (non-hydrogen) atoms. The van der Waals surface area contributed by atoms with E-state index in [-0.39, 0.29) is 18.6 Å². The van der Waals surface area contributed by atoms with Crippen LogP contribution in [0.2, 0.25) is 0 Å². The minimum Gasteiger partial charge on any atom is -0.508 e. The molecule has 0 spiro atoms. The summed E-state index contributed by atoms with van der Waals surface area (Å²) >= 11 is 1.53. The van der Waals surface area contributed by atoms with Crippen LogP contribution in [0.3, 0.4) is 0 Å². The average Bonchev–Trinajstić information content (AvgIpc) is 2.94. The Kier molecular flexibility index (Phi) is 13.5. The van der Waals surface area contributed by atoms with Crippen LogP contribution >= 0.6 is 11.8 Å². The Balaban J connectivity index is 1.89. The van der Waals surface area contributed by atoms with Crippen LogP contribution in [-0.4, -0.2) is 83.0 Å². The molecule has 0 aliphatic rings. The predicted molar refractivity (Wildman–Crippen MR) is 150 cm³/mol. The number of hydrogen-bond donors (Lipinski definition) is 7. The second-order valence-electron chi connectivity index (χ2n) is 8.96. The van der Waals surface area contributed by atoms with Crippen molar-refractivity contribution in [2.45, 2.75) is 37.4 Å². The summed E-state index contributed by atoms with van der Waals surface area (Å²) in [6, 6.07) is 11.8. The molecule has 2 aromatic carbocycles. The van der Waals surface area contributed by atoms with Gasteiger partial charge in [-0.25, -0.2) is 4.79 Å². The first-order chi connectivity index (χ1) is 19.1. The van der Waals surface area contributed by atoms with E-state index in [2.05, 4.69) is 21.3 Å². The lowest BCUT2D eigenvalue weighted by Gasteiger charge is -2.21. The third-order valence-corrected chi connectivity index (χ3v) is 6.41. The van der Waals surface area contributed by atoms with E-state index < -0.39 is 60.8 Å². The summed E-state index contributed by atoms with van der Waals surface area (Å²) in [5.74, 6) is -3.07. The van der Waals surface area contributed by atoms with Crippen molar-refractivity contribution in [3.05, 3.63) is 65.7 Å². The third kappa shape index (κ3) is 11.7. The first-order valence-corrected chi connectivity index (χ1v) is 13.9. The van der Waals surface area contributed by atoms with Crippen molar-refractivity contribution < 1.29 is 34.2 Å². The van der Waals surface area contributed by atoms with Crippen molar-refractivity contribution in [2.24, 2.45) is 5.73 Å². The summed E-state index contributed by atoms with van der Waals surface area (Å²) in [5.41, 5.74) is 7.30. The van der Waals surface area contributed by atoms with Gasteiger partial charge in [-0.15, -0.1) is 0 Å². The molecule has 0 saturated heterocycles. The Bertz CT molecular complexity index is 1150. The highest BCUT2D eigenvalue weighted by Crippen LogP contribution is 2.12. The molecule has 0 bridgehead atoms. The molecule has 2 rings (SSSR count). The van der Waals surface area contributed by atoms with E-state index in [0.717, 1.165) is 5.56 Å². The Morgan fingerprint density at radius 1 is 0.800 bits per heavy atom. The highest BCUT2D eigenvalue weighted by molar-refractivity contribution is 7.98. The van der Waals surface area contributed by atoms with Gasteiger partial charge in [-0.3, -0.25) is 19.2 Å². The monoisotopic (exact) mass is 573 g/mol. The number of aliphatic carboxylic acids is 1. The number of rotatable bonds is 16. The number of carboxylic acids is 1. The molecule has 2 aromatic rings. The summed E-state index contributed by atoms with van der Waals surface area (Å²) < 4.78 is 0. The fraction of sp³-hybridized carbons (Fsp3) is 0.370. The summed E-state index contributed by atoms with van der Waals surface area (Å²) in [6.45, 7) is -0.982. The van der Waals surface area contributed by atoms with Crippen molar-refractivity contribution in [2.75, 3.05) is 25.1 Å². The molecule has 0 aromatic heterocycles. The standard InChI is InChI=1S/C27H35N5O7S/c1-40-12-11-20(28)25(36)32-21(13-18-7-9-19(33)10-8-18)26(37)30-15-23(34)29-16-24(35)31-22(27(38)39)14-17-5-3-2-4-6-17/h2-10,20-22,33H,11-16,28H2,1H3,(H,29,34)(H,30,37)(H,31,35)(H,32,36)(H,38,39)/t20-,21-,22-/m0/s1. The van der Waals surface area contributed by atoms with Gasteiger partial charge in [0.15, 0.2) is 0 Å². The maximum Gasteiger partial charge on any atom is 0.326 e. The number of phenols is 1. The molecule has 0 heterocycles. The first-order valence-electron chi connectivity index (χ1n) is 12.5. The number of hydrogen-bond acceptors (Lipinski definition) is 8. The van der Waals surface area contributed by atoms with E-state index in [1.54, 1.807) is 42.5 Å². The number of nitrogens with one attached hydrogen (secondary N) is 4. The van der Waals surface area contributed by atoms with Crippen LogP contribution in [-0.2, 0) is 36.8 Å². The molecule has 0 aliphatic heterocycles. The van der Waals surface area contributed by atoms with Gasteiger partial charge in [-0.05, 0) is 41.7 Å². The van der Waals surface area contributed by atoms with E-state index in [1.165, 1.54) is 23.9 Å². The van der Waals surface area contributed by atoms with Gasteiger partial charge in [-0.1, -0.05) is 42.5 Å². The van der Waals surface area contributed by atoms with Gasteiger partial charge < -0.3 is 37.2 Å². The van der Waals surface area contributed by atoms with E-state index in [1.807, 2.05) is 6.26 Å². The van der Waals surface area contributed by atoms with Gasteiger partial charge in [0.1, 0.15) is 17.8 Å². The smallest absolute Gasteiger partial charge is 0.326 e. The predicted octanol–water partition coefficient (Wildman–Crippen LogP) is -0.456. The van der Waals surface area contributed by atoms with E-state index >= 15 is 0 Å². The van der Waals surface area contributed by atoms with Gasteiger partial charge in [-0.2, -0.15) is 11.8 Å². The van der Waals surface area contributed by atoms with Gasteiger partial charge in [0, 0.05) is 12.8 Å². The lowest BCUT2D eigenvalue weighted by molar-refractivity contribution is -0.141. The molecular formula is C27H35N5O7S. The largest absolute Gasteiger partial charge is 0.508 e. The van der Waals surface area contributed by atoms with E-state index in [4.69, 9.17) is 5.73 Å². The molecule has 216 valence electrons. The van der Waals surface area contributed by atoms with Crippen LogP contribution in [0.4, 0.5) is 0 Å². The second-order valence-corrected chi connectivity index (χ2v) is 9.95. The number of benzene rings is 2. The van der Waals surface area contributed by atoms with Crippen LogP contribution in [0.25, 0.3) is 0 Å². The summed E-state index contributed by atoms with van der Waals surface area (Å²) in [6.07, 6.45) is 2.45. The number of aromatic hydroxyl groups is 1. The Labute approximate surface area is 236 Å². The molecule has 8 N–H and O–H groups in total. The van der Waals surface area contributed by atoms with Gasteiger partial charge in [0.05, 0.1) is 19.1 Å². The molecule has 0 saturated carbocycles. The molecule has 13 heteroatoms. The van der Waals surface area contributed by atoms with Gasteiger partial charge in [0.2, 0.25) is 23.6 Å². The third-order valence-electron chi connectivity index (χ3n) is 5.76.